The third kappa shape index (κ3) is 3.28. The molecule has 0 fully saturated rings. The number of hydrazone groups is 1. The van der Waals surface area contributed by atoms with E-state index in [1.54, 1.807) is 7.11 Å². The van der Waals surface area contributed by atoms with E-state index in [1.807, 2.05) is 59.6 Å². The van der Waals surface area contributed by atoms with E-state index in [2.05, 4.69) is 28.1 Å². The summed E-state index contributed by atoms with van der Waals surface area (Å²) in [7, 11) is 1.67. The summed E-state index contributed by atoms with van der Waals surface area (Å²) in [6.07, 6.45) is 0.385. The number of benzene rings is 3. The zero-order valence-corrected chi connectivity index (χ0v) is 18.0. The minimum Gasteiger partial charge on any atom is -0.496 e. The van der Waals surface area contributed by atoms with Crippen LogP contribution in [0.3, 0.4) is 0 Å². The van der Waals surface area contributed by atoms with Crippen molar-refractivity contribution in [1.82, 2.24) is 5.01 Å². The van der Waals surface area contributed by atoms with Gasteiger partial charge >= 0.3 is 0 Å². The molecule has 3 aromatic carbocycles. The lowest BCUT2D eigenvalue weighted by Crippen LogP contribution is -2.34. The highest BCUT2D eigenvalue weighted by molar-refractivity contribution is 9.10. The van der Waals surface area contributed by atoms with E-state index in [9.17, 15) is 0 Å². The van der Waals surface area contributed by atoms with Gasteiger partial charge in [-0.25, -0.2) is 5.01 Å². The van der Waals surface area contributed by atoms with Gasteiger partial charge in [-0.2, -0.15) is 5.10 Å². The Morgan fingerprint density at radius 1 is 1.07 bits per heavy atom. The Morgan fingerprint density at radius 2 is 1.90 bits per heavy atom. The topological polar surface area (TPSA) is 34.1 Å². The molecule has 146 valence electrons. The molecule has 0 saturated carbocycles. The van der Waals surface area contributed by atoms with Crippen molar-refractivity contribution in [2.45, 2.75) is 18.7 Å². The monoisotopic (exact) mass is 468 g/mol. The van der Waals surface area contributed by atoms with Crippen LogP contribution < -0.4 is 9.47 Å². The van der Waals surface area contributed by atoms with Crippen molar-refractivity contribution in [2.75, 3.05) is 7.11 Å². The fraction of sp³-hybridized carbons (Fsp3) is 0.174. The van der Waals surface area contributed by atoms with Crippen LogP contribution in [0.4, 0.5) is 0 Å². The Labute approximate surface area is 182 Å². The molecule has 0 saturated heterocycles. The second-order valence-corrected chi connectivity index (χ2v) is 8.40. The maximum atomic E-state index is 6.43. The van der Waals surface area contributed by atoms with Crippen LogP contribution in [0.1, 0.15) is 35.4 Å². The van der Waals surface area contributed by atoms with Crippen LogP contribution in [-0.4, -0.2) is 17.8 Å². The molecule has 5 rings (SSSR count). The van der Waals surface area contributed by atoms with Crippen molar-refractivity contribution < 1.29 is 9.47 Å². The predicted octanol–water partition coefficient (Wildman–Crippen LogP) is 6.35. The third-order valence-corrected chi connectivity index (χ3v) is 6.05. The van der Waals surface area contributed by atoms with Gasteiger partial charge in [0.25, 0.3) is 0 Å². The standard InChI is InChI=1S/C23H18BrClN2O2/c1-28-21-9-7-15(24)11-18(21)23-27-20(17-12-16(25)8-10-22(17)29-23)13-19(26-27)14-5-3-2-4-6-14/h2-12,20,23H,13H2,1H3/t20-,23+/m1/s1. The van der Waals surface area contributed by atoms with E-state index in [0.29, 0.717) is 5.02 Å². The Hall–Kier alpha value is -2.50. The predicted molar refractivity (Wildman–Crippen MR) is 118 cm³/mol. The molecule has 0 amide bonds. The molecule has 0 unspecified atom stereocenters. The fourth-order valence-electron chi connectivity index (χ4n) is 3.97. The lowest BCUT2D eigenvalue weighted by atomic mass is 9.96. The number of nitrogens with zero attached hydrogens (tertiary/aromatic N) is 2. The number of hydrogen-bond acceptors (Lipinski definition) is 4. The quantitative estimate of drug-likeness (QED) is 0.448. The summed E-state index contributed by atoms with van der Waals surface area (Å²) < 4.78 is 13.0. The van der Waals surface area contributed by atoms with Gasteiger partial charge in [-0.05, 0) is 42.0 Å². The number of hydrogen-bond donors (Lipinski definition) is 0. The van der Waals surface area contributed by atoms with Gasteiger partial charge < -0.3 is 9.47 Å². The number of rotatable bonds is 3. The van der Waals surface area contributed by atoms with Gasteiger partial charge in [0.2, 0.25) is 6.23 Å². The van der Waals surface area contributed by atoms with Crippen LogP contribution >= 0.6 is 27.5 Å². The summed E-state index contributed by atoms with van der Waals surface area (Å²) in [5, 5.41) is 7.71. The van der Waals surface area contributed by atoms with E-state index in [1.165, 1.54) is 0 Å². The third-order valence-electron chi connectivity index (χ3n) is 5.32. The van der Waals surface area contributed by atoms with Crippen molar-refractivity contribution in [1.29, 1.82) is 0 Å². The van der Waals surface area contributed by atoms with Gasteiger partial charge in [0.15, 0.2) is 0 Å². The van der Waals surface area contributed by atoms with Gasteiger partial charge in [-0.3, -0.25) is 0 Å². The normalized spacial score (nSPS) is 19.8. The summed E-state index contributed by atoms with van der Waals surface area (Å²) in [4.78, 5) is 0. The molecule has 2 aliphatic heterocycles. The first kappa shape index (κ1) is 18.5. The lowest BCUT2D eigenvalue weighted by molar-refractivity contribution is -0.0203. The minimum atomic E-state index is -0.401. The molecule has 4 nitrogen and oxygen atoms in total. The van der Waals surface area contributed by atoms with E-state index >= 15 is 0 Å². The van der Waals surface area contributed by atoms with Gasteiger partial charge in [-0.15, -0.1) is 0 Å². The van der Waals surface area contributed by atoms with Crippen molar-refractivity contribution in [2.24, 2.45) is 5.10 Å². The number of fused-ring (bicyclic) bond motifs is 3. The Kier molecular flexibility index (Phi) is 4.72. The Bertz CT molecular complexity index is 1100. The van der Waals surface area contributed by atoms with Crippen LogP contribution in [0.2, 0.25) is 5.02 Å². The largest absolute Gasteiger partial charge is 0.496 e. The lowest BCUT2D eigenvalue weighted by Gasteiger charge is -2.38. The summed E-state index contributed by atoms with van der Waals surface area (Å²) in [5.41, 5.74) is 4.12. The van der Waals surface area contributed by atoms with E-state index in [0.717, 1.165) is 44.8 Å². The zero-order chi connectivity index (χ0) is 20.0. The summed E-state index contributed by atoms with van der Waals surface area (Å²) >= 11 is 9.88. The van der Waals surface area contributed by atoms with Crippen LogP contribution in [0.15, 0.2) is 76.3 Å². The first-order valence-corrected chi connectivity index (χ1v) is 10.5. The van der Waals surface area contributed by atoms with E-state index < -0.39 is 6.23 Å². The minimum absolute atomic E-state index is 0.0429. The fourth-order valence-corrected chi connectivity index (χ4v) is 4.53. The molecule has 6 heteroatoms. The molecule has 0 aromatic heterocycles. The van der Waals surface area contributed by atoms with Crippen LogP contribution in [0.25, 0.3) is 0 Å². The molecule has 0 bridgehead atoms. The van der Waals surface area contributed by atoms with Crippen LogP contribution in [0.5, 0.6) is 11.5 Å². The van der Waals surface area contributed by atoms with Crippen molar-refractivity contribution >= 4 is 33.2 Å². The highest BCUT2D eigenvalue weighted by Gasteiger charge is 2.42. The van der Waals surface area contributed by atoms with Crippen molar-refractivity contribution in [3.05, 3.63) is 92.9 Å². The first-order chi connectivity index (χ1) is 14.1. The second kappa shape index (κ2) is 7.39. The SMILES string of the molecule is COc1ccc(Br)cc1[C@@H]1Oc2ccc(Cl)cc2[C@H]2CC(c3ccccc3)=NN21. The maximum absolute atomic E-state index is 6.43. The molecule has 2 heterocycles. The molecule has 2 aliphatic rings. The number of ether oxygens (including phenoxy) is 2. The number of halogens is 2. The summed E-state index contributed by atoms with van der Waals surface area (Å²) in [6, 6.07) is 22.0. The van der Waals surface area contributed by atoms with Crippen molar-refractivity contribution in [3.63, 3.8) is 0 Å². The van der Waals surface area contributed by atoms with Crippen LogP contribution in [0, 0.1) is 0 Å². The molecule has 3 aromatic rings. The van der Waals surface area contributed by atoms with Gasteiger partial charge in [0.1, 0.15) is 11.5 Å². The number of methoxy groups -OCH3 is 1. The molecule has 0 spiro atoms. The molecule has 0 radical (unpaired) electrons. The molecule has 0 aliphatic carbocycles. The summed E-state index contributed by atoms with van der Waals surface area (Å²) in [6.45, 7) is 0. The molecule has 0 N–H and O–H groups in total. The van der Waals surface area contributed by atoms with Gasteiger partial charge in [-0.1, -0.05) is 57.9 Å². The smallest absolute Gasteiger partial charge is 0.217 e. The van der Waals surface area contributed by atoms with Gasteiger partial charge in [0, 0.05) is 21.5 Å². The average Bonchev–Trinajstić information content (AvgIpc) is 3.20. The Balaban J connectivity index is 1.65. The van der Waals surface area contributed by atoms with E-state index in [-0.39, 0.29) is 6.04 Å². The highest BCUT2D eigenvalue weighted by Crippen LogP contribution is 2.49. The first-order valence-electron chi connectivity index (χ1n) is 9.35. The highest BCUT2D eigenvalue weighted by atomic mass is 79.9. The second-order valence-electron chi connectivity index (χ2n) is 7.05. The maximum Gasteiger partial charge on any atom is 0.217 e. The zero-order valence-electron chi connectivity index (χ0n) is 15.7. The molecular weight excluding hydrogens is 452 g/mol. The van der Waals surface area contributed by atoms with Crippen LogP contribution in [-0.2, 0) is 0 Å². The van der Waals surface area contributed by atoms with E-state index in [4.69, 9.17) is 26.2 Å². The van der Waals surface area contributed by atoms with Crippen molar-refractivity contribution in [3.8, 4) is 11.5 Å². The van der Waals surface area contributed by atoms with Gasteiger partial charge in [0.05, 0.1) is 24.4 Å². The Morgan fingerprint density at radius 3 is 2.69 bits per heavy atom. The molecular formula is C23H18BrClN2O2. The summed E-state index contributed by atoms with van der Waals surface area (Å²) in [5.74, 6) is 1.59. The molecule has 2 atom stereocenters. The molecule has 29 heavy (non-hydrogen) atoms. The average molecular weight is 470 g/mol.